The number of esters is 1. The minimum Gasteiger partial charge on any atom is -0.486 e. The Kier molecular flexibility index (Phi) is 6.60. The van der Waals surface area contributed by atoms with Crippen molar-refractivity contribution in [2.24, 2.45) is 11.8 Å². The number of carbonyl (C=O) groups is 2. The molecule has 6 heteroatoms. The quantitative estimate of drug-likeness (QED) is 0.620. The molecule has 0 radical (unpaired) electrons. The van der Waals surface area contributed by atoms with Gasteiger partial charge in [0, 0.05) is 12.1 Å². The highest BCUT2D eigenvalue weighted by atomic mass is 16.6. The molecule has 0 unspecified atom stereocenters. The lowest BCUT2D eigenvalue weighted by molar-refractivity contribution is -0.150. The molecule has 152 valence electrons. The standard InChI is InChI=1S/C22H29NO5/c1-14-5-4-6-18(15(14)2)23-22(25)16(3)28-21(24)10-8-17-7-9-19-20(13-17)27-12-11-26-19/h7-10,13-16,18H,4-6,11-12H2,1-3H3,(H,23,25)/b10-8+/t14-,15-,16-,18+/m1/s1. The predicted molar refractivity (Wildman–Crippen MR) is 106 cm³/mol. The third-order valence-electron chi connectivity index (χ3n) is 5.67. The van der Waals surface area contributed by atoms with Gasteiger partial charge in [-0.25, -0.2) is 4.79 Å². The van der Waals surface area contributed by atoms with Gasteiger partial charge in [0.1, 0.15) is 13.2 Å². The number of nitrogens with one attached hydrogen (secondary N) is 1. The van der Waals surface area contributed by atoms with Gasteiger partial charge in [0.05, 0.1) is 0 Å². The Hall–Kier alpha value is -2.50. The summed E-state index contributed by atoms with van der Waals surface area (Å²) in [6, 6.07) is 5.59. The number of fused-ring (bicyclic) bond motifs is 1. The van der Waals surface area contributed by atoms with Crippen molar-refractivity contribution in [3.63, 3.8) is 0 Å². The van der Waals surface area contributed by atoms with Crippen molar-refractivity contribution in [1.29, 1.82) is 0 Å². The van der Waals surface area contributed by atoms with Gasteiger partial charge in [-0.2, -0.15) is 0 Å². The molecule has 6 nitrogen and oxygen atoms in total. The fourth-order valence-corrected chi connectivity index (χ4v) is 3.68. The second kappa shape index (κ2) is 9.13. The second-order valence-electron chi connectivity index (χ2n) is 7.70. The summed E-state index contributed by atoms with van der Waals surface area (Å²) in [6.07, 6.45) is 5.41. The largest absolute Gasteiger partial charge is 0.486 e. The fraction of sp³-hybridized carbons (Fsp3) is 0.545. The average molecular weight is 387 g/mol. The number of ether oxygens (including phenoxy) is 3. The van der Waals surface area contributed by atoms with Crippen LogP contribution >= 0.6 is 0 Å². The summed E-state index contributed by atoms with van der Waals surface area (Å²) >= 11 is 0. The first-order valence-electron chi connectivity index (χ1n) is 10.0. The maximum absolute atomic E-state index is 12.4. The van der Waals surface area contributed by atoms with E-state index in [-0.39, 0.29) is 11.9 Å². The topological polar surface area (TPSA) is 73.9 Å². The Morgan fingerprint density at radius 1 is 1.18 bits per heavy atom. The molecule has 4 atom stereocenters. The van der Waals surface area contributed by atoms with Gasteiger partial charge in [-0.05, 0) is 49.0 Å². The minimum absolute atomic E-state index is 0.144. The highest BCUT2D eigenvalue weighted by Crippen LogP contribution is 2.31. The van der Waals surface area contributed by atoms with Crippen LogP contribution in [0, 0.1) is 11.8 Å². The maximum atomic E-state index is 12.4. The van der Waals surface area contributed by atoms with Crippen LogP contribution in [0.1, 0.15) is 45.6 Å². The van der Waals surface area contributed by atoms with Crippen molar-refractivity contribution in [3.05, 3.63) is 29.8 Å². The van der Waals surface area contributed by atoms with E-state index in [1.54, 1.807) is 19.1 Å². The van der Waals surface area contributed by atoms with E-state index in [1.807, 2.05) is 12.1 Å². The van der Waals surface area contributed by atoms with Crippen LogP contribution in [-0.2, 0) is 14.3 Å². The van der Waals surface area contributed by atoms with Crippen molar-refractivity contribution >= 4 is 18.0 Å². The van der Waals surface area contributed by atoms with Gasteiger partial charge in [0.2, 0.25) is 0 Å². The lowest BCUT2D eigenvalue weighted by Crippen LogP contribution is -2.47. The molecule has 1 aliphatic carbocycles. The lowest BCUT2D eigenvalue weighted by atomic mass is 9.78. The summed E-state index contributed by atoms with van der Waals surface area (Å²) in [5, 5.41) is 3.04. The predicted octanol–water partition coefficient (Wildman–Crippen LogP) is 3.34. The summed E-state index contributed by atoms with van der Waals surface area (Å²) in [7, 11) is 0. The molecule has 3 rings (SSSR count). The van der Waals surface area contributed by atoms with Crippen molar-refractivity contribution in [2.45, 2.75) is 52.2 Å². The summed E-state index contributed by atoms with van der Waals surface area (Å²) in [6.45, 7) is 7.03. The number of benzene rings is 1. The fourth-order valence-electron chi connectivity index (χ4n) is 3.68. The molecule has 1 N–H and O–H groups in total. The number of hydrogen-bond acceptors (Lipinski definition) is 5. The van der Waals surface area contributed by atoms with Gasteiger partial charge < -0.3 is 19.5 Å². The molecule has 1 aromatic rings. The molecule has 0 bridgehead atoms. The Balaban J connectivity index is 1.51. The van der Waals surface area contributed by atoms with E-state index in [4.69, 9.17) is 14.2 Å². The summed E-state index contributed by atoms with van der Waals surface area (Å²) in [4.78, 5) is 24.5. The third kappa shape index (κ3) is 5.06. The summed E-state index contributed by atoms with van der Waals surface area (Å²) in [5.74, 6) is 1.57. The highest BCUT2D eigenvalue weighted by molar-refractivity contribution is 5.90. The maximum Gasteiger partial charge on any atom is 0.331 e. The van der Waals surface area contributed by atoms with Crippen LogP contribution < -0.4 is 14.8 Å². The van der Waals surface area contributed by atoms with Gasteiger partial charge in [0.15, 0.2) is 17.6 Å². The van der Waals surface area contributed by atoms with E-state index >= 15 is 0 Å². The molecule has 1 aliphatic heterocycles. The Bertz CT molecular complexity index is 744. The summed E-state index contributed by atoms with van der Waals surface area (Å²) < 4.78 is 16.3. The Labute approximate surface area is 166 Å². The smallest absolute Gasteiger partial charge is 0.331 e. The average Bonchev–Trinajstić information content (AvgIpc) is 2.69. The number of amides is 1. The van der Waals surface area contributed by atoms with Crippen LogP contribution in [0.4, 0.5) is 0 Å². The first-order chi connectivity index (χ1) is 13.4. The number of hydrogen-bond donors (Lipinski definition) is 1. The van der Waals surface area contributed by atoms with Gasteiger partial charge in [-0.15, -0.1) is 0 Å². The molecular weight excluding hydrogens is 358 g/mol. The lowest BCUT2D eigenvalue weighted by Gasteiger charge is -2.35. The normalized spacial score (nSPS) is 25.2. The van der Waals surface area contributed by atoms with Gasteiger partial charge in [-0.3, -0.25) is 4.79 Å². The van der Waals surface area contributed by atoms with E-state index in [0.717, 1.165) is 18.4 Å². The van der Waals surface area contributed by atoms with Gasteiger partial charge in [-0.1, -0.05) is 32.8 Å². The molecule has 1 heterocycles. The third-order valence-corrected chi connectivity index (χ3v) is 5.67. The molecule has 0 saturated heterocycles. The van der Waals surface area contributed by atoms with Crippen LogP contribution in [0.5, 0.6) is 11.5 Å². The molecule has 2 aliphatic rings. The first-order valence-corrected chi connectivity index (χ1v) is 10.0. The van der Waals surface area contributed by atoms with E-state index < -0.39 is 12.1 Å². The minimum atomic E-state index is -0.832. The first kappa shape index (κ1) is 20.2. The Morgan fingerprint density at radius 3 is 2.71 bits per heavy atom. The highest BCUT2D eigenvalue weighted by Gasteiger charge is 2.29. The molecule has 28 heavy (non-hydrogen) atoms. The zero-order valence-electron chi connectivity index (χ0n) is 16.8. The number of carbonyl (C=O) groups excluding carboxylic acids is 2. The molecule has 0 aromatic heterocycles. The van der Waals surface area contributed by atoms with Crippen LogP contribution in [-0.4, -0.2) is 37.2 Å². The van der Waals surface area contributed by atoms with Crippen LogP contribution in [0.2, 0.25) is 0 Å². The van der Waals surface area contributed by atoms with Crippen molar-refractivity contribution in [1.82, 2.24) is 5.32 Å². The zero-order valence-corrected chi connectivity index (χ0v) is 16.8. The van der Waals surface area contributed by atoms with E-state index in [0.29, 0.717) is 36.5 Å². The molecule has 0 spiro atoms. The SMILES string of the molecule is C[C@@H]1[C@H](C)CCC[C@@H]1NC(=O)[C@@H](C)OC(=O)/C=C/c1ccc2c(c1)OCCO2. The van der Waals surface area contributed by atoms with Crippen LogP contribution in [0.25, 0.3) is 6.08 Å². The Morgan fingerprint density at radius 2 is 1.93 bits per heavy atom. The zero-order chi connectivity index (χ0) is 20.1. The van der Waals surface area contributed by atoms with Crippen LogP contribution in [0.15, 0.2) is 24.3 Å². The van der Waals surface area contributed by atoms with Gasteiger partial charge >= 0.3 is 5.97 Å². The molecule has 1 fully saturated rings. The van der Waals surface area contributed by atoms with Gasteiger partial charge in [0.25, 0.3) is 5.91 Å². The molecule has 1 aromatic carbocycles. The molecular formula is C22H29NO5. The van der Waals surface area contributed by atoms with Crippen LogP contribution in [0.3, 0.4) is 0 Å². The molecule has 1 saturated carbocycles. The van der Waals surface area contributed by atoms with Crippen molar-refractivity contribution in [2.75, 3.05) is 13.2 Å². The van der Waals surface area contributed by atoms with Crippen molar-refractivity contribution in [3.8, 4) is 11.5 Å². The number of rotatable bonds is 5. The van der Waals surface area contributed by atoms with Crippen molar-refractivity contribution < 1.29 is 23.8 Å². The molecule has 1 amide bonds. The van der Waals surface area contributed by atoms with E-state index in [1.165, 1.54) is 12.5 Å². The summed E-state index contributed by atoms with van der Waals surface area (Å²) in [5.41, 5.74) is 0.795. The van der Waals surface area contributed by atoms with E-state index in [9.17, 15) is 9.59 Å². The monoisotopic (exact) mass is 387 g/mol. The second-order valence-corrected chi connectivity index (χ2v) is 7.70. The van der Waals surface area contributed by atoms with E-state index in [2.05, 4.69) is 19.2 Å².